The monoisotopic (exact) mass is 229 g/mol. The summed E-state index contributed by atoms with van der Waals surface area (Å²) in [6, 6.07) is 10.3. The van der Waals surface area contributed by atoms with Crippen LogP contribution in [-0.4, -0.2) is 24.6 Å². The number of nitrogens with zero attached hydrogens (tertiary/aromatic N) is 1. The first-order chi connectivity index (χ1) is 8.31. The van der Waals surface area contributed by atoms with Gasteiger partial charge in [0.15, 0.2) is 0 Å². The number of aryl methyl sites for hydroxylation is 1. The van der Waals surface area contributed by atoms with E-state index in [1.165, 1.54) is 11.1 Å². The summed E-state index contributed by atoms with van der Waals surface area (Å²) in [4.78, 5) is 4.53. The molecule has 0 radical (unpaired) electrons. The van der Waals surface area contributed by atoms with Gasteiger partial charge in [-0.2, -0.15) is 0 Å². The van der Waals surface area contributed by atoms with Crippen LogP contribution in [0.4, 0.5) is 5.69 Å². The molecule has 0 atom stereocenters. The second-order valence-corrected chi connectivity index (χ2v) is 4.11. The normalized spacial score (nSPS) is 10.7. The van der Waals surface area contributed by atoms with Crippen LogP contribution in [0.2, 0.25) is 0 Å². The van der Waals surface area contributed by atoms with Crippen molar-refractivity contribution >= 4 is 16.6 Å². The fourth-order valence-electron chi connectivity index (χ4n) is 1.92. The molecule has 1 aromatic heterocycles. The van der Waals surface area contributed by atoms with Crippen LogP contribution in [0.5, 0.6) is 0 Å². The van der Waals surface area contributed by atoms with Gasteiger partial charge in [-0.05, 0) is 25.6 Å². The fourth-order valence-corrected chi connectivity index (χ4v) is 1.92. The van der Waals surface area contributed by atoms with Crippen molar-refractivity contribution in [2.75, 3.05) is 25.0 Å². The molecule has 0 bridgehead atoms. The van der Waals surface area contributed by atoms with Gasteiger partial charge in [-0.3, -0.25) is 4.98 Å². The summed E-state index contributed by atoms with van der Waals surface area (Å²) in [5.41, 5.74) is 3.28. The molecule has 0 aliphatic heterocycles. The largest absolute Gasteiger partial charge is 0.383 e. The molecule has 0 saturated heterocycles. The van der Waals surface area contributed by atoms with Crippen LogP contribution < -0.4 is 10.6 Å². The molecule has 0 aliphatic carbocycles. The van der Waals surface area contributed by atoms with Crippen molar-refractivity contribution in [3.8, 4) is 0 Å². The van der Waals surface area contributed by atoms with Gasteiger partial charge in [-0.25, -0.2) is 0 Å². The highest BCUT2D eigenvalue weighted by Gasteiger charge is 2.02. The lowest BCUT2D eigenvalue weighted by Gasteiger charge is -2.10. The van der Waals surface area contributed by atoms with Crippen molar-refractivity contribution in [1.29, 1.82) is 0 Å². The summed E-state index contributed by atoms with van der Waals surface area (Å²) in [6.45, 7) is 7.07. The number of anilines is 1. The molecule has 0 saturated carbocycles. The molecule has 2 aromatic rings. The standard InChI is InChI=1S/C14H19N3/c1-3-15-8-9-16-14-10-11(2)17-13-7-5-4-6-12(13)14/h4-7,10,15H,3,8-9H2,1-2H3,(H,16,17). The summed E-state index contributed by atoms with van der Waals surface area (Å²) in [7, 11) is 0. The Hall–Kier alpha value is -1.61. The van der Waals surface area contributed by atoms with Crippen LogP contribution in [0.15, 0.2) is 30.3 Å². The molecule has 2 rings (SSSR count). The van der Waals surface area contributed by atoms with Crippen molar-refractivity contribution < 1.29 is 0 Å². The summed E-state index contributed by atoms with van der Waals surface area (Å²) in [5.74, 6) is 0. The molecule has 3 nitrogen and oxygen atoms in total. The molecule has 2 N–H and O–H groups in total. The molecule has 0 aliphatic rings. The Kier molecular flexibility index (Phi) is 3.94. The van der Waals surface area contributed by atoms with Crippen LogP contribution in [0.25, 0.3) is 10.9 Å². The third-order valence-electron chi connectivity index (χ3n) is 2.71. The minimum Gasteiger partial charge on any atom is -0.383 e. The van der Waals surface area contributed by atoms with Crippen LogP contribution in [-0.2, 0) is 0 Å². The molecule has 0 amide bonds. The lowest BCUT2D eigenvalue weighted by molar-refractivity contribution is 0.739. The zero-order chi connectivity index (χ0) is 12.1. The lowest BCUT2D eigenvalue weighted by Crippen LogP contribution is -2.21. The first kappa shape index (κ1) is 11.9. The van der Waals surface area contributed by atoms with Gasteiger partial charge in [0.05, 0.1) is 5.52 Å². The van der Waals surface area contributed by atoms with Crippen LogP contribution in [0.3, 0.4) is 0 Å². The lowest BCUT2D eigenvalue weighted by atomic mass is 10.1. The molecule has 0 spiro atoms. The zero-order valence-corrected chi connectivity index (χ0v) is 10.5. The molecular formula is C14H19N3. The van der Waals surface area contributed by atoms with Crippen molar-refractivity contribution in [3.05, 3.63) is 36.0 Å². The maximum absolute atomic E-state index is 4.53. The van der Waals surface area contributed by atoms with E-state index in [0.717, 1.165) is 30.8 Å². The summed E-state index contributed by atoms with van der Waals surface area (Å²) in [5, 5.41) is 7.95. The number of benzene rings is 1. The quantitative estimate of drug-likeness (QED) is 0.774. The number of likely N-dealkylation sites (N-methyl/N-ethyl adjacent to an activating group) is 1. The number of aromatic nitrogens is 1. The number of fused-ring (bicyclic) bond motifs is 1. The van der Waals surface area contributed by atoms with Gasteiger partial charge in [0.25, 0.3) is 0 Å². The average molecular weight is 229 g/mol. The molecule has 1 heterocycles. The third-order valence-corrected chi connectivity index (χ3v) is 2.71. The van der Waals surface area contributed by atoms with Gasteiger partial charge in [-0.1, -0.05) is 25.1 Å². The topological polar surface area (TPSA) is 37.0 Å². The van der Waals surface area contributed by atoms with E-state index in [-0.39, 0.29) is 0 Å². The van der Waals surface area contributed by atoms with Gasteiger partial charge >= 0.3 is 0 Å². The minimum absolute atomic E-state index is 0.932. The van der Waals surface area contributed by atoms with Crippen LogP contribution in [0, 0.1) is 6.92 Å². The fraction of sp³-hybridized carbons (Fsp3) is 0.357. The van der Waals surface area contributed by atoms with E-state index in [0.29, 0.717) is 0 Å². The Morgan fingerprint density at radius 1 is 1.18 bits per heavy atom. The van der Waals surface area contributed by atoms with Crippen molar-refractivity contribution in [2.45, 2.75) is 13.8 Å². The van der Waals surface area contributed by atoms with Gasteiger partial charge in [0, 0.05) is 29.9 Å². The number of pyridine rings is 1. The van der Waals surface area contributed by atoms with Crippen LogP contribution in [0.1, 0.15) is 12.6 Å². The second-order valence-electron chi connectivity index (χ2n) is 4.11. The van der Waals surface area contributed by atoms with E-state index >= 15 is 0 Å². The van der Waals surface area contributed by atoms with Crippen molar-refractivity contribution in [2.24, 2.45) is 0 Å². The third kappa shape index (κ3) is 2.94. The Bertz CT molecular complexity index is 494. The first-order valence-corrected chi connectivity index (χ1v) is 6.12. The van der Waals surface area contributed by atoms with Gasteiger partial charge in [0.1, 0.15) is 0 Å². The molecule has 1 aromatic carbocycles. The summed E-state index contributed by atoms with van der Waals surface area (Å²) < 4.78 is 0. The molecule has 17 heavy (non-hydrogen) atoms. The van der Waals surface area contributed by atoms with Gasteiger partial charge in [-0.15, -0.1) is 0 Å². The zero-order valence-electron chi connectivity index (χ0n) is 10.5. The number of rotatable bonds is 5. The summed E-state index contributed by atoms with van der Waals surface area (Å²) in [6.07, 6.45) is 0. The number of hydrogen-bond acceptors (Lipinski definition) is 3. The average Bonchev–Trinajstić information content (AvgIpc) is 2.34. The smallest absolute Gasteiger partial charge is 0.0725 e. The molecule has 0 fully saturated rings. The van der Waals surface area contributed by atoms with E-state index in [4.69, 9.17) is 0 Å². The molecule has 0 unspecified atom stereocenters. The molecule has 3 heteroatoms. The Labute approximate surface area is 102 Å². The van der Waals surface area contributed by atoms with Crippen molar-refractivity contribution in [1.82, 2.24) is 10.3 Å². The van der Waals surface area contributed by atoms with Crippen molar-refractivity contribution in [3.63, 3.8) is 0 Å². The molecule has 90 valence electrons. The van der Waals surface area contributed by atoms with E-state index in [1.807, 2.05) is 13.0 Å². The van der Waals surface area contributed by atoms with E-state index in [9.17, 15) is 0 Å². The number of para-hydroxylation sites is 1. The molecular weight excluding hydrogens is 210 g/mol. The maximum Gasteiger partial charge on any atom is 0.0725 e. The first-order valence-electron chi connectivity index (χ1n) is 6.12. The van der Waals surface area contributed by atoms with E-state index < -0.39 is 0 Å². The maximum atomic E-state index is 4.53. The summed E-state index contributed by atoms with van der Waals surface area (Å²) >= 11 is 0. The number of nitrogens with one attached hydrogen (secondary N) is 2. The predicted octanol–water partition coefficient (Wildman–Crippen LogP) is 2.56. The Morgan fingerprint density at radius 3 is 2.82 bits per heavy atom. The van der Waals surface area contributed by atoms with E-state index in [2.05, 4.69) is 46.8 Å². The van der Waals surface area contributed by atoms with E-state index in [1.54, 1.807) is 0 Å². The highest BCUT2D eigenvalue weighted by atomic mass is 14.9. The minimum atomic E-state index is 0.932. The number of hydrogen-bond donors (Lipinski definition) is 2. The van der Waals surface area contributed by atoms with Gasteiger partial charge < -0.3 is 10.6 Å². The second kappa shape index (κ2) is 5.64. The Morgan fingerprint density at radius 2 is 2.00 bits per heavy atom. The SMILES string of the molecule is CCNCCNc1cc(C)nc2ccccc12. The van der Waals surface area contributed by atoms with Crippen LogP contribution >= 0.6 is 0 Å². The highest BCUT2D eigenvalue weighted by molar-refractivity contribution is 5.91. The van der Waals surface area contributed by atoms with Gasteiger partial charge in [0.2, 0.25) is 0 Å². The highest BCUT2D eigenvalue weighted by Crippen LogP contribution is 2.22. The predicted molar refractivity (Wildman–Crippen MR) is 73.5 cm³/mol. The Balaban J connectivity index is 2.20.